The predicted molar refractivity (Wildman–Crippen MR) is 200 cm³/mol. The van der Waals surface area contributed by atoms with Gasteiger partial charge in [0.05, 0.1) is 17.7 Å². The molecule has 0 saturated heterocycles. The summed E-state index contributed by atoms with van der Waals surface area (Å²) in [5.74, 6) is 0.932. The largest absolute Gasteiger partial charge is 0.714 e. The summed E-state index contributed by atoms with van der Waals surface area (Å²) in [6.45, 7) is 4.27. The van der Waals surface area contributed by atoms with Crippen LogP contribution in [-0.2, 0) is 4.65 Å². The summed E-state index contributed by atoms with van der Waals surface area (Å²) < 4.78 is 17.4. The van der Waals surface area contributed by atoms with Gasteiger partial charge < -0.3 is 18.6 Å². The zero-order valence-electron chi connectivity index (χ0n) is 28.3. The number of benzene rings is 5. The number of hydrogen-bond donors (Lipinski definition) is 0. The maximum absolute atomic E-state index is 7.45. The molecule has 5 heteroatoms. The third-order valence-electron chi connectivity index (χ3n) is 10.9. The van der Waals surface area contributed by atoms with Gasteiger partial charge >= 0.3 is 6.82 Å². The molecule has 1 aliphatic carbocycles. The summed E-state index contributed by atoms with van der Waals surface area (Å²) >= 11 is 0. The van der Waals surface area contributed by atoms with E-state index >= 15 is 0 Å². The van der Waals surface area contributed by atoms with Gasteiger partial charge in [-0.2, -0.15) is 0 Å². The SMILES string of the molecule is CCCCCCCCN1c2ccc3cccc4c3c2[C](C=C4)O[B-]12Oc1ccc3cccc4ccc(c1c34)=[N+]2CCCCCCCC. The average Bonchev–Trinajstić information content (AvgIpc) is 3.10. The number of anilines is 1. The third-order valence-corrected chi connectivity index (χ3v) is 10.9. The van der Waals surface area contributed by atoms with Crippen LogP contribution >= 0.6 is 0 Å². The Balaban J connectivity index is 1.30. The van der Waals surface area contributed by atoms with Crippen LogP contribution in [0.25, 0.3) is 38.4 Å². The van der Waals surface area contributed by atoms with E-state index in [1.807, 2.05) is 0 Å². The highest BCUT2D eigenvalue weighted by Gasteiger charge is 2.59. The van der Waals surface area contributed by atoms with Crippen molar-refractivity contribution in [2.75, 3.05) is 17.9 Å². The van der Waals surface area contributed by atoms with Crippen LogP contribution in [0.15, 0.2) is 78.9 Å². The third kappa shape index (κ3) is 5.22. The van der Waals surface area contributed by atoms with Crippen LogP contribution in [0, 0.1) is 6.10 Å². The van der Waals surface area contributed by atoms with Gasteiger partial charge in [0.25, 0.3) is 0 Å². The van der Waals surface area contributed by atoms with Crippen LogP contribution in [0.4, 0.5) is 5.69 Å². The zero-order valence-corrected chi connectivity index (χ0v) is 28.3. The molecule has 3 aliphatic rings. The second-order valence-corrected chi connectivity index (χ2v) is 14.0. The van der Waals surface area contributed by atoms with Crippen molar-refractivity contribution in [1.29, 1.82) is 0 Å². The molecule has 1 spiro atoms. The number of unbranched alkanes of at least 4 members (excludes halogenated alkanes) is 10. The first-order valence-electron chi connectivity index (χ1n) is 18.5. The molecule has 47 heavy (non-hydrogen) atoms. The molecule has 2 heterocycles. The lowest BCUT2D eigenvalue weighted by Crippen LogP contribution is -2.76. The molecule has 2 aliphatic heterocycles. The minimum absolute atomic E-state index is 0.891. The Morgan fingerprint density at radius 3 is 2.04 bits per heavy atom. The maximum atomic E-state index is 7.45. The van der Waals surface area contributed by atoms with Crippen molar-refractivity contribution in [2.24, 2.45) is 0 Å². The van der Waals surface area contributed by atoms with Crippen molar-refractivity contribution in [1.82, 2.24) is 4.49 Å². The summed E-state index contributed by atoms with van der Waals surface area (Å²) in [6, 6.07) is 26.9. The van der Waals surface area contributed by atoms with Gasteiger partial charge in [-0.3, -0.25) is 0 Å². The molecule has 4 nitrogen and oxygen atoms in total. The monoisotopic (exact) mass is 623 g/mol. The van der Waals surface area contributed by atoms with E-state index in [0.29, 0.717) is 0 Å². The Labute approximate surface area is 280 Å². The van der Waals surface area contributed by atoms with Crippen molar-refractivity contribution in [3.05, 3.63) is 101 Å². The Morgan fingerprint density at radius 1 is 0.596 bits per heavy atom. The number of nitrogens with zero attached hydrogens (tertiary/aromatic N) is 2. The Morgan fingerprint density at radius 2 is 1.26 bits per heavy atom. The van der Waals surface area contributed by atoms with Gasteiger partial charge in [-0.25, -0.2) is 0 Å². The van der Waals surface area contributed by atoms with E-state index in [1.165, 1.54) is 119 Å². The van der Waals surface area contributed by atoms with E-state index < -0.39 is 6.82 Å². The molecular formula is C42H48BN2O2. The smallest absolute Gasteiger partial charge is 0.613 e. The van der Waals surface area contributed by atoms with E-state index in [4.69, 9.17) is 9.31 Å². The van der Waals surface area contributed by atoms with E-state index in [1.54, 1.807) is 0 Å². The molecule has 0 amide bonds. The molecule has 5 aromatic carbocycles. The Kier molecular flexibility index (Phi) is 8.43. The predicted octanol–water partition coefficient (Wildman–Crippen LogP) is 10.3. The summed E-state index contributed by atoms with van der Waals surface area (Å²) in [5.41, 5.74) is 3.72. The molecule has 1 atom stereocenters. The van der Waals surface area contributed by atoms with Gasteiger partial charge in [0.2, 0.25) is 0 Å². The van der Waals surface area contributed by atoms with E-state index in [-0.39, 0.29) is 0 Å². The highest BCUT2D eigenvalue weighted by atomic mass is 16.6. The Bertz CT molecular complexity index is 2000. The van der Waals surface area contributed by atoms with Gasteiger partial charge in [-0.1, -0.05) is 126 Å². The molecule has 1 radical (unpaired) electrons. The molecule has 241 valence electrons. The maximum Gasteiger partial charge on any atom is 0.714 e. The highest BCUT2D eigenvalue weighted by Crippen LogP contribution is 2.48. The Hall–Kier alpha value is -3.83. The van der Waals surface area contributed by atoms with Crippen LogP contribution in [0.1, 0.15) is 102 Å². The van der Waals surface area contributed by atoms with Gasteiger partial charge in [-0.05, 0) is 70.8 Å². The normalized spacial score (nSPS) is 18.3. The molecular weight excluding hydrogens is 575 g/mol. The van der Waals surface area contributed by atoms with Crippen molar-refractivity contribution in [3.63, 3.8) is 0 Å². The van der Waals surface area contributed by atoms with Crippen molar-refractivity contribution >= 4 is 50.9 Å². The zero-order chi connectivity index (χ0) is 31.8. The average molecular weight is 624 g/mol. The molecule has 0 bridgehead atoms. The molecule has 0 N–H and O–H groups in total. The van der Waals surface area contributed by atoms with Gasteiger partial charge in [-0.15, -0.1) is 0 Å². The molecule has 1 unspecified atom stereocenters. The van der Waals surface area contributed by atoms with E-state index in [9.17, 15) is 0 Å². The van der Waals surface area contributed by atoms with Gasteiger partial charge in [0.15, 0.2) is 5.36 Å². The standard InChI is InChI=1S/C42H48BN2O2/c1-3-5-7-9-11-13-29-44-35-25-21-31-17-15-19-33-23-27-37(41(35)39(31)33)46-43(44)45(30-14-12-10-8-6-4-2)36-26-22-32-18-16-20-34-24-28-38(47-43)42(36)40(32)34/h15-28H,3-14,29-30H2,1-2H3. The summed E-state index contributed by atoms with van der Waals surface area (Å²) in [6.07, 6.45) is 20.3. The van der Waals surface area contributed by atoms with Crippen molar-refractivity contribution in [3.8, 4) is 5.75 Å². The fourth-order valence-electron chi connectivity index (χ4n) is 8.56. The minimum Gasteiger partial charge on any atom is -0.613 e. The van der Waals surface area contributed by atoms with Gasteiger partial charge in [0.1, 0.15) is 6.10 Å². The van der Waals surface area contributed by atoms with E-state index in [2.05, 4.69) is 108 Å². The second kappa shape index (κ2) is 13.0. The lowest BCUT2D eigenvalue weighted by atomic mass is 9.74. The molecule has 0 fully saturated rings. The first-order valence-corrected chi connectivity index (χ1v) is 18.5. The summed E-state index contributed by atoms with van der Waals surface area (Å²) in [7, 11) is 0. The fourth-order valence-corrected chi connectivity index (χ4v) is 8.56. The van der Waals surface area contributed by atoms with Crippen molar-refractivity contribution < 1.29 is 9.31 Å². The molecule has 5 aromatic rings. The minimum atomic E-state index is -2.09. The van der Waals surface area contributed by atoms with Crippen LogP contribution in [-0.4, -0.2) is 19.9 Å². The van der Waals surface area contributed by atoms with Crippen LogP contribution in [0.3, 0.4) is 0 Å². The second-order valence-electron chi connectivity index (χ2n) is 14.0. The molecule has 8 rings (SSSR count). The van der Waals surface area contributed by atoms with Crippen LogP contribution in [0.5, 0.6) is 5.75 Å². The first-order chi connectivity index (χ1) is 23.2. The number of rotatable bonds is 14. The summed E-state index contributed by atoms with van der Waals surface area (Å²) in [5, 5.41) is 8.83. The lowest BCUT2D eigenvalue weighted by Gasteiger charge is -2.53. The summed E-state index contributed by atoms with van der Waals surface area (Å²) in [4.78, 5) is 2.54. The first kappa shape index (κ1) is 30.5. The van der Waals surface area contributed by atoms with Gasteiger partial charge in [0, 0.05) is 29.1 Å². The van der Waals surface area contributed by atoms with Crippen LogP contribution in [0.2, 0.25) is 0 Å². The topological polar surface area (TPSA) is 24.7 Å². The molecule has 0 aromatic heterocycles. The highest BCUT2D eigenvalue weighted by molar-refractivity contribution is 6.71. The fraction of sp³-hybridized carbons (Fsp3) is 0.381. The van der Waals surface area contributed by atoms with Crippen LogP contribution < -0.4 is 19.3 Å². The van der Waals surface area contributed by atoms with Crippen molar-refractivity contribution in [2.45, 2.75) is 90.9 Å². The quantitative estimate of drug-likeness (QED) is 0.0909. The van der Waals surface area contributed by atoms with E-state index in [0.717, 1.165) is 37.8 Å². The molecule has 0 saturated carbocycles. The number of hydrogen-bond acceptors (Lipinski definition) is 3. The lowest BCUT2D eigenvalue weighted by molar-refractivity contribution is 0.239.